The number of nitrogens with one attached hydrogen (secondary N) is 1. The molecule has 22 heavy (non-hydrogen) atoms. The van der Waals surface area contributed by atoms with Crippen LogP contribution in [0.3, 0.4) is 0 Å². The van der Waals surface area contributed by atoms with Crippen LogP contribution in [0, 0.1) is 17.5 Å². The molecule has 2 aromatic carbocycles. The van der Waals surface area contributed by atoms with Crippen LogP contribution in [0.5, 0.6) is 5.75 Å². The Morgan fingerprint density at radius 1 is 1.05 bits per heavy atom. The van der Waals surface area contributed by atoms with Crippen molar-refractivity contribution in [1.82, 2.24) is 5.32 Å². The first-order valence-electron chi connectivity index (χ1n) is 6.67. The van der Waals surface area contributed by atoms with Crippen LogP contribution in [-0.2, 0) is 6.54 Å². The predicted octanol–water partition coefficient (Wildman–Crippen LogP) is 2.94. The molecule has 0 heterocycles. The van der Waals surface area contributed by atoms with Gasteiger partial charge in [0.1, 0.15) is 11.6 Å². The molecule has 118 valence electrons. The van der Waals surface area contributed by atoms with E-state index in [1.54, 1.807) is 31.4 Å². The zero-order chi connectivity index (χ0) is 16.1. The number of aliphatic hydroxyl groups is 1. The van der Waals surface area contributed by atoms with Crippen LogP contribution in [0.15, 0.2) is 36.4 Å². The lowest BCUT2D eigenvalue weighted by Gasteiger charge is -2.13. The molecule has 0 saturated carbocycles. The molecule has 0 aliphatic carbocycles. The lowest BCUT2D eigenvalue weighted by molar-refractivity contribution is 0.174. The average Bonchev–Trinajstić information content (AvgIpc) is 2.52. The molecule has 2 aromatic rings. The monoisotopic (exact) mass is 311 g/mol. The van der Waals surface area contributed by atoms with Gasteiger partial charge >= 0.3 is 0 Å². The van der Waals surface area contributed by atoms with E-state index in [4.69, 9.17) is 4.74 Å². The van der Waals surface area contributed by atoms with Crippen LogP contribution >= 0.6 is 0 Å². The maximum atomic E-state index is 13.4. The molecule has 0 spiro atoms. The van der Waals surface area contributed by atoms with Gasteiger partial charge in [0.15, 0.2) is 11.6 Å². The van der Waals surface area contributed by atoms with Gasteiger partial charge in [0.05, 0.1) is 13.2 Å². The summed E-state index contributed by atoms with van der Waals surface area (Å²) in [7, 11) is 1.55. The van der Waals surface area contributed by atoms with Gasteiger partial charge < -0.3 is 15.2 Å². The summed E-state index contributed by atoms with van der Waals surface area (Å²) in [6.45, 7) is 0.126. The molecule has 2 rings (SSSR count). The van der Waals surface area contributed by atoms with Crippen molar-refractivity contribution in [3.63, 3.8) is 0 Å². The zero-order valence-corrected chi connectivity index (χ0v) is 11.9. The number of methoxy groups -OCH3 is 1. The van der Waals surface area contributed by atoms with Crippen LogP contribution in [0.4, 0.5) is 13.2 Å². The smallest absolute Gasteiger partial charge is 0.161 e. The Bertz CT molecular complexity index is 632. The highest BCUT2D eigenvalue weighted by Gasteiger charge is 2.11. The maximum Gasteiger partial charge on any atom is 0.161 e. The van der Waals surface area contributed by atoms with Crippen molar-refractivity contribution >= 4 is 0 Å². The third kappa shape index (κ3) is 3.99. The Labute approximate surface area is 126 Å². The topological polar surface area (TPSA) is 41.5 Å². The van der Waals surface area contributed by atoms with E-state index in [1.165, 1.54) is 0 Å². The van der Waals surface area contributed by atoms with E-state index < -0.39 is 23.6 Å². The van der Waals surface area contributed by atoms with Gasteiger partial charge in [-0.3, -0.25) is 0 Å². The van der Waals surface area contributed by atoms with E-state index in [9.17, 15) is 18.3 Å². The third-order valence-corrected chi connectivity index (χ3v) is 3.24. The predicted molar refractivity (Wildman–Crippen MR) is 76.0 cm³/mol. The highest BCUT2D eigenvalue weighted by atomic mass is 19.2. The van der Waals surface area contributed by atoms with Gasteiger partial charge in [0.25, 0.3) is 0 Å². The van der Waals surface area contributed by atoms with Crippen molar-refractivity contribution in [2.45, 2.75) is 12.6 Å². The number of aliphatic hydroxyl groups excluding tert-OH is 1. The van der Waals surface area contributed by atoms with Crippen molar-refractivity contribution in [2.24, 2.45) is 0 Å². The summed E-state index contributed by atoms with van der Waals surface area (Å²) in [5.74, 6) is -2.48. The maximum absolute atomic E-state index is 13.4. The second-order valence-electron chi connectivity index (χ2n) is 4.78. The first-order valence-corrected chi connectivity index (χ1v) is 6.67. The highest BCUT2D eigenvalue weighted by molar-refractivity contribution is 5.28. The second-order valence-corrected chi connectivity index (χ2v) is 4.78. The van der Waals surface area contributed by atoms with Gasteiger partial charge in [0.2, 0.25) is 0 Å². The normalized spacial score (nSPS) is 12.2. The molecule has 0 bridgehead atoms. The molecule has 1 unspecified atom stereocenters. The number of benzene rings is 2. The van der Waals surface area contributed by atoms with E-state index in [0.29, 0.717) is 17.4 Å². The summed E-state index contributed by atoms with van der Waals surface area (Å²) >= 11 is 0. The average molecular weight is 311 g/mol. The van der Waals surface area contributed by atoms with Gasteiger partial charge in [0, 0.05) is 24.7 Å². The molecular formula is C16H16F3NO2. The van der Waals surface area contributed by atoms with E-state index in [1.807, 2.05) is 0 Å². The fourth-order valence-electron chi connectivity index (χ4n) is 1.99. The molecule has 0 radical (unpaired) electrons. The number of halogens is 3. The summed E-state index contributed by atoms with van der Waals surface area (Å²) in [6.07, 6.45) is -0.806. The molecule has 0 aliphatic heterocycles. The van der Waals surface area contributed by atoms with Crippen molar-refractivity contribution < 1.29 is 23.0 Å². The molecule has 1 atom stereocenters. The van der Waals surface area contributed by atoms with Crippen LogP contribution in [0.1, 0.15) is 17.2 Å². The quantitative estimate of drug-likeness (QED) is 0.806. The van der Waals surface area contributed by atoms with E-state index in [2.05, 4.69) is 5.32 Å². The third-order valence-electron chi connectivity index (χ3n) is 3.24. The SMILES string of the molecule is COc1ccc(C(O)CNCc2cc(F)c(F)cc2F)cc1. The zero-order valence-electron chi connectivity index (χ0n) is 11.9. The number of hydrogen-bond donors (Lipinski definition) is 2. The Balaban J connectivity index is 1.91. The molecule has 6 heteroatoms. The van der Waals surface area contributed by atoms with Crippen LogP contribution < -0.4 is 10.1 Å². The summed E-state index contributed by atoms with van der Waals surface area (Å²) in [6, 6.07) is 8.16. The Kier molecular flexibility index (Phi) is 5.41. The van der Waals surface area contributed by atoms with Crippen LogP contribution in [0.25, 0.3) is 0 Å². The van der Waals surface area contributed by atoms with Gasteiger partial charge in [-0.2, -0.15) is 0 Å². The number of hydrogen-bond acceptors (Lipinski definition) is 3. The number of rotatable bonds is 6. The van der Waals surface area contributed by atoms with Gasteiger partial charge in [-0.1, -0.05) is 12.1 Å². The largest absolute Gasteiger partial charge is 0.497 e. The van der Waals surface area contributed by atoms with Crippen molar-refractivity contribution in [3.05, 3.63) is 65.0 Å². The minimum atomic E-state index is -1.22. The van der Waals surface area contributed by atoms with Crippen LogP contribution in [0.2, 0.25) is 0 Å². The molecular weight excluding hydrogens is 295 g/mol. The van der Waals surface area contributed by atoms with Crippen molar-refractivity contribution in [1.29, 1.82) is 0 Å². The lowest BCUT2D eigenvalue weighted by Crippen LogP contribution is -2.21. The van der Waals surface area contributed by atoms with E-state index in [-0.39, 0.29) is 18.7 Å². The molecule has 0 fully saturated rings. The van der Waals surface area contributed by atoms with E-state index >= 15 is 0 Å². The summed E-state index contributed by atoms with van der Waals surface area (Å²) in [5.41, 5.74) is 0.667. The first kappa shape index (κ1) is 16.3. The van der Waals surface area contributed by atoms with Gasteiger partial charge in [-0.05, 0) is 23.8 Å². The molecule has 0 saturated heterocycles. The highest BCUT2D eigenvalue weighted by Crippen LogP contribution is 2.17. The fourth-order valence-corrected chi connectivity index (χ4v) is 1.99. The second kappa shape index (κ2) is 7.29. The summed E-state index contributed by atoms with van der Waals surface area (Å²) < 4.78 is 44.3. The fraction of sp³-hybridized carbons (Fsp3) is 0.250. The standard InChI is InChI=1S/C16H16F3NO2/c1-22-12-4-2-10(3-5-12)16(21)9-20-8-11-6-14(18)15(19)7-13(11)17/h2-7,16,20-21H,8-9H2,1H3. The van der Waals surface area contributed by atoms with Crippen molar-refractivity contribution in [2.75, 3.05) is 13.7 Å². The van der Waals surface area contributed by atoms with Gasteiger partial charge in [-0.25, -0.2) is 13.2 Å². The molecule has 0 aromatic heterocycles. The first-order chi connectivity index (χ1) is 10.5. The molecule has 0 amide bonds. The minimum absolute atomic E-state index is 0.000769. The van der Waals surface area contributed by atoms with E-state index in [0.717, 1.165) is 6.07 Å². The van der Waals surface area contributed by atoms with Crippen LogP contribution in [-0.4, -0.2) is 18.8 Å². The summed E-state index contributed by atoms with van der Waals surface area (Å²) in [4.78, 5) is 0. The number of ether oxygens (including phenoxy) is 1. The Morgan fingerprint density at radius 2 is 1.68 bits per heavy atom. The molecule has 0 aliphatic rings. The molecule has 2 N–H and O–H groups in total. The minimum Gasteiger partial charge on any atom is -0.497 e. The Morgan fingerprint density at radius 3 is 2.32 bits per heavy atom. The lowest BCUT2D eigenvalue weighted by atomic mass is 10.1. The molecule has 3 nitrogen and oxygen atoms in total. The van der Waals surface area contributed by atoms with Gasteiger partial charge in [-0.15, -0.1) is 0 Å². The summed E-state index contributed by atoms with van der Waals surface area (Å²) in [5, 5.41) is 12.8. The Hall–Kier alpha value is -2.05. The van der Waals surface area contributed by atoms with Crippen molar-refractivity contribution in [3.8, 4) is 5.75 Å².